The molecule has 17 nitrogen and oxygen atoms in total. The Labute approximate surface area is 588 Å². The highest BCUT2D eigenvalue weighted by atomic mass is 31.2. The molecule has 5 unspecified atom stereocenters. The number of rotatable bonds is 74. The van der Waals surface area contributed by atoms with Crippen LogP contribution in [0.4, 0.5) is 0 Å². The second kappa shape index (κ2) is 66.3. The molecule has 96 heavy (non-hydrogen) atoms. The molecular formula is C77H150O17P2. The quantitative estimate of drug-likeness (QED) is 0.0222. The summed E-state index contributed by atoms with van der Waals surface area (Å²) in [5.41, 5.74) is 0. The molecule has 0 heterocycles. The van der Waals surface area contributed by atoms with Crippen LogP contribution in [0.2, 0.25) is 0 Å². The fourth-order valence-electron chi connectivity index (χ4n) is 11.7. The Morgan fingerprint density at radius 3 is 0.740 bits per heavy atom. The van der Waals surface area contributed by atoms with Crippen molar-refractivity contribution >= 4 is 39.5 Å². The molecule has 0 aliphatic heterocycles. The Hall–Kier alpha value is -1.94. The molecule has 0 aromatic rings. The molecule has 0 bridgehead atoms. The first kappa shape index (κ1) is 94.1. The minimum Gasteiger partial charge on any atom is -0.462 e. The van der Waals surface area contributed by atoms with Gasteiger partial charge >= 0.3 is 39.5 Å². The van der Waals surface area contributed by atoms with Crippen LogP contribution in [0.15, 0.2) is 0 Å². The average molecular weight is 1410 g/mol. The van der Waals surface area contributed by atoms with Crippen LogP contribution in [0.25, 0.3) is 0 Å². The molecule has 0 radical (unpaired) electrons. The number of phosphoric ester groups is 2. The number of phosphoric acid groups is 2. The zero-order valence-electron chi connectivity index (χ0n) is 63.0. The molecule has 0 aliphatic rings. The van der Waals surface area contributed by atoms with Crippen LogP contribution in [0.5, 0.6) is 0 Å². The molecule has 0 aromatic heterocycles. The topological polar surface area (TPSA) is 237 Å². The van der Waals surface area contributed by atoms with Gasteiger partial charge in [0, 0.05) is 25.7 Å². The van der Waals surface area contributed by atoms with Gasteiger partial charge in [-0.05, 0) is 49.4 Å². The van der Waals surface area contributed by atoms with Crippen molar-refractivity contribution in [2.24, 2.45) is 23.7 Å². The maximum Gasteiger partial charge on any atom is 0.472 e. The van der Waals surface area contributed by atoms with E-state index in [2.05, 4.69) is 55.4 Å². The number of aliphatic hydroxyl groups excluding tert-OH is 1. The second-order valence-corrected chi connectivity index (χ2v) is 32.1. The molecule has 7 atom stereocenters. The lowest BCUT2D eigenvalue weighted by Gasteiger charge is -2.21. The monoisotopic (exact) mass is 1410 g/mol. The van der Waals surface area contributed by atoms with Crippen LogP contribution in [0.1, 0.15) is 389 Å². The molecule has 0 spiro atoms. The Bertz CT molecular complexity index is 1890. The fourth-order valence-corrected chi connectivity index (χ4v) is 13.2. The lowest BCUT2D eigenvalue weighted by molar-refractivity contribution is -0.161. The van der Waals surface area contributed by atoms with Crippen molar-refractivity contribution in [1.29, 1.82) is 0 Å². The van der Waals surface area contributed by atoms with Crippen molar-refractivity contribution in [3.63, 3.8) is 0 Å². The number of unbranched alkanes of at least 4 members (excludes halogenated alkanes) is 38. The van der Waals surface area contributed by atoms with E-state index in [9.17, 15) is 43.2 Å². The van der Waals surface area contributed by atoms with Gasteiger partial charge in [-0.15, -0.1) is 0 Å². The third kappa shape index (κ3) is 67.9. The van der Waals surface area contributed by atoms with E-state index in [1.165, 1.54) is 186 Å². The van der Waals surface area contributed by atoms with E-state index < -0.39 is 97.5 Å². The SMILES string of the molecule is CCC(C)CCCCCCCCCCCCC(=O)OC[C@H](COP(=O)(O)OCC(O)COP(=O)(O)OC[C@@H](COC(=O)CCCCCCCCCC(C)C)OC(=O)CCCCCCCCCCCCCCCCCC(C)C)OC(=O)CCCCCCCCCCCCC(C)CC. The van der Waals surface area contributed by atoms with Crippen LogP contribution in [-0.4, -0.2) is 96.7 Å². The van der Waals surface area contributed by atoms with E-state index in [-0.39, 0.29) is 25.7 Å². The Morgan fingerprint density at radius 1 is 0.292 bits per heavy atom. The molecule has 0 aliphatic carbocycles. The highest BCUT2D eigenvalue weighted by Gasteiger charge is 2.30. The molecule has 570 valence electrons. The maximum atomic E-state index is 13.1. The standard InChI is InChI=1S/C77H150O17P2/c1-9-69(7)55-47-39-31-23-18-20-25-33-41-49-57-74(79)87-63-72(93-77(82)60-52-44-35-27-21-19-24-32-40-48-56-70(8)10-2)65-91-95(83,84)89-61-71(78)62-90-96(85,86)92-66-73(64-88-75(80)58-50-42-36-28-30-38-46-54-68(5)6)94-76(81)59-51-43-34-26-17-15-13-11-12-14-16-22-29-37-45-53-67(3)4/h67-73,78H,9-66H2,1-8H3,(H,83,84)(H,85,86)/t69?,70?,71?,72-,73-/m1/s1. The van der Waals surface area contributed by atoms with Gasteiger partial charge in [0.05, 0.1) is 26.4 Å². The summed E-state index contributed by atoms with van der Waals surface area (Å²) in [7, 11) is -9.92. The lowest BCUT2D eigenvalue weighted by Crippen LogP contribution is -2.30. The Morgan fingerprint density at radius 2 is 0.500 bits per heavy atom. The lowest BCUT2D eigenvalue weighted by atomic mass is 9.99. The molecule has 0 amide bonds. The van der Waals surface area contributed by atoms with Crippen molar-refractivity contribution in [2.75, 3.05) is 39.6 Å². The highest BCUT2D eigenvalue weighted by Crippen LogP contribution is 2.45. The van der Waals surface area contributed by atoms with Crippen molar-refractivity contribution in [3.8, 4) is 0 Å². The minimum absolute atomic E-state index is 0.106. The summed E-state index contributed by atoms with van der Waals surface area (Å²) in [6, 6.07) is 0. The van der Waals surface area contributed by atoms with Crippen molar-refractivity contribution in [3.05, 3.63) is 0 Å². The van der Waals surface area contributed by atoms with Gasteiger partial charge in [-0.25, -0.2) is 9.13 Å². The Kier molecular flexibility index (Phi) is 65.0. The number of esters is 4. The average Bonchev–Trinajstić information content (AvgIpc) is 1.76. The number of hydrogen-bond donors (Lipinski definition) is 3. The summed E-state index contributed by atoms with van der Waals surface area (Å²) >= 11 is 0. The molecule has 3 N–H and O–H groups in total. The summed E-state index contributed by atoms with van der Waals surface area (Å²) in [5, 5.41) is 10.6. The van der Waals surface area contributed by atoms with E-state index >= 15 is 0 Å². The third-order valence-corrected chi connectivity index (χ3v) is 20.4. The molecule has 0 rings (SSSR count). The van der Waals surface area contributed by atoms with Crippen molar-refractivity contribution in [2.45, 2.75) is 408 Å². The zero-order chi connectivity index (χ0) is 71.0. The third-order valence-electron chi connectivity index (χ3n) is 18.5. The van der Waals surface area contributed by atoms with Crippen LogP contribution < -0.4 is 0 Å². The summed E-state index contributed by atoms with van der Waals surface area (Å²) in [6.07, 6.45) is 51.2. The maximum absolute atomic E-state index is 13.1. The molecule has 0 aromatic carbocycles. The fraction of sp³-hybridized carbons (Fsp3) is 0.948. The van der Waals surface area contributed by atoms with Gasteiger partial charge < -0.3 is 33.8 Å². The van der Waals surface area contributed by atoms with E-state index in [1.54, 1.807) is 0 Å². The number of hydrogen-bond acceptors (Lipinski definition) is 15. The minimum atomic E-state index is -4.96. The Balaban J connectivity index is 5.25. The van der Waals surface area contributed by atoms with Gasteiger partial charge in [0.15, 0.2) is 12.2 Å². The summed E-state index contributed by atoms with van der Waals surface area (Å²) < 4.78 is 68.6. The smallest absolute Gasteiger partial charge is 0.462 e. The van der Waals surface area contributed by atoms with E-state index in [1.807, 2.05) is 0 Å². The molecule has 0 saturated carbocycles. The predicted molar refractivity (Wildman–Crippen MR) is 391 cm³/mol. The first-order valence-electron chi connectivity index (χ1n) is 39.8. The van der Waals surface area contributed by atoms with E-state index in [0.717, 1.165) is 114 Å². The largest absolute Gasteiger partial charge is 0.472 e. The van der Waals surface area contributed by atoms with Gasteiger partial charge in [-0.1, -0.05) is 338 Å². The number of ether oxygens (including phenoxy) is 4. The summed E-state index contributed by atoms with van der Waals surface area (Å²) in [4.78, 5) is 72.9. The van der Waals surface area contributed by atoms with Crippen molar-refractivity contribution in [1.82, 2.24) is 0 Å². The highest BCUT2D eigenvalue weighted by molar-refractivity contribution is 7.47. The van der Waals surface area contributed by atoms with Gasteiger partial charge in [-0.3, -0.25) is 37.3 Å². The predicted octanol–water partition coefficient (Wildman–Crippen LogP) is 22.4. The molecule has 0 saturated heterocycles. The van der Waals surface area contributed by atoms with Gasteiger partial charge in [0.2, 0.25) is 0 Å². The first-order valence-corrected chi connectivity index (χ1v) is 42.8. The van der Waals surface area contributed by atoms with Crippen LogP contribution in [-0.2, 0) is 65.4 Å². The number of carbonyl (C=O) groups excluding carboxylic acids is 4. The number of carbonyl (C=O) groups is 4. The first-order chi connectivity index (χ1) is 46.2. The summed E-state index contributed by atoms with van der Waals surface area (Å²) in [6.45, 7) is 14.2. The van der Waals surface area contributed by atoms with Crippen LogP contribution in [0.3, 0.4) is 0 Å². The van der Waals surface area contributed by atoms with Gasteiger partial charge in [0.1, 0.15) is 19.3 Å². The number of aliphatic hydroxyl groups is 1. The van der Waals surface area contributed by atoms with E-state index in [4.69, 9.17) is 37.0 Å². The molecule has 19 heteroatoms. The van der Waals surface area contributed by atoms with Gasteiger partial charge in [0.25, 0.3) is 0 Å². The normalized spacial score (nSPS) is 14.7. The summed E-state index contributed by atoms with van der Waals surface area (Å²) in [5.74, 6) is 1.00. The molecular weight excluding hydrogens is 1260 g/mol. The van der Waals surface area contributed by atoms with Gasteiger partial charge in [-0.2, -0.15) is 0 Å². The second-order valence-electron chi connectivity index (χ2n) is 29.2. The van der Waals surface area contributed by atoms with Crippen molar-refractivity contribution < 1.29 is 80.2 Å². The van der Waals surface area contributed by atoms with E-state index in [0.29, 0.717) is 31.6 Å². The van der Waals surface area contributed by atoms with Crippen LogP contribution >= 0.6 is 15.6 Å². The zero-order valence-corrected chi connectivity index (χ0v) is 64.8. The molecule has 0 fully saturated rings. The van der Waals surface area contributed by atoms with Crippen LogP contribution in [0, 0.1) is 23.7 Å².